The highest BCUT2D eigenvalue weighted by atomic mass is 16.5. The second kappa shape index (κ2) is 7.71. The third-order valence-corrected chi connectivity index (χ3v) is 2.55. The molecule has 0 spiro atoms. The van der Waals surface area contributed by atoms with Gasteiger partial charge in [0.15, 0.2) is 0 Å². The Morgan fingerprint density at radius 3 is 2.72 bits per heavy atom. The van der Waals surface area contributed by atoms with Gasteiger partial charge >= 0.3 is 5.97 Å². The summed E-state index contributed by atoms with van der Waals surface area (Å²) in [6, 6.07) is 6.69. The molecular formula is C14H21NO3. The Morgan fingerprint density at radius 1 is 1.33 bits per heavy atom. The molecule has 1 aromatic rings. The van der Waals surface area contributed by atoms with E-state index in [4.69, 9.17) is 9.84 Å². The maximum Gasteiger partial charge on any atom is 0.339 e. The average Bonchev–Trinajstić information content (AvgIpc) is 2.33. The van der Waals surface area contributed by atoms with Gasteiger partial charge in [0, 0.05) is 6.54 Å². The molecule has 1 aromatic carbocycles. The van der Waals surface area contributed by atoms with Gasteiger partial charge in [0.05, 0.1) is 0 Å². The maximum atomic E-state index is 10.9. The van der Waals surface area contributed by atoms with E-state index in [2.05, 4.69) is 19.2 Å². The second-order valence-electron chi connectivity index (χ2n) is 4.58. The number of ether oxygens (including phenoxy) is 1. The van der Waals surface area contributed by atoms with Gasteiger partial charge in [0.25, 0.3) is 0 Å². The van der Waals surface area contributed by atoms with Crippen LogP contribution in [-0.2, 0) is 0 Å². The molecular weight excluding hydrogens is 230 g/mol. The molecule has 0 aromatic heterocycles. The van der Waals surface area contributed by atoms with Crippen LogP contribution in [0.25, 0.3) is 0 Å². The number of nitrogens with one attached hydrogen (secondary N) is 1. The molecule has 0 unspecified atom stereocenters. The summed E-state index contributed by atoms with van der Waals surface area (Å²) < 4.78 is 5.46. The normalized spacial score (nSPS) is 10.6. The Hall–Kier alpha value is -1.55. The Balaban J connectivity index is 2.29. The molecule has 0 radical (unpaired) electrons. The van der Waals surface area contributed by atoms with Crippen molar-refractivity contribution in [1.29, 1.82) is 0 Å². The number of hydrogen-bond acceptors (Lipinski definition) is 3. The van der Waals surface area contributed by atoms with Crippen LogP contribution in [0.4, 0.5) is 0 Å². The molecule has 0 saturated heterocycles. The first kappa shape index (κ1) is 14.5. The highest BCUT2D eigenvalue weighted by Gasteiger charge is 2.09. The minimum atomic E-state index is -0.960. The monoisotopic (exact) mass is 251 g/mol. The first-order valence-corrected chi connectivity index (χ1v) is 6.27. The van der Waals surface area contributed by atoms with Crippen molar-refractivity contribution in [3.05, 3.63) is 29.8 Å². The van der Waals surface area contributed by atoms with Gasteiger partial charge in [-0.25, -0.2) is 4.79 Å². The van der Waals surface area contributed by atoms with Gasteiger partial charge in [-0.15, -0.1) is 0 Å². The zero-order valence-corrected chi connectivity index (χ0v) is 11.0. The van der Waals surface area contributed by atoms with Crippen LogP contribution in [0.3, 0.4) is 0 Å². The molecule has 0 aliphatic rings. The number of hydrogen-bond donors (Lipinski definition) is 2. The van der Waals surface area contributed by atoms with Crippen molar-refractivity contribution >= 4 is 5.97 Å². The number of para-hydroxylation sites is 1. The number of carboxylic acids is 1. The van der Waals surface area contributed by atoms with Crippen LogP contribution >= 0.6 is 0 Å². The Kier molecular flexibility index (Phi) is 6.22. The van der Waals surface area contributed by atoms with Crippen molar-refractivity contribution in [2.75, 3.05) is 19.7 Å². The molecule has 4 heteroatoms. The van der Waals surface area contributed by atoms with Gasteiger partial charge in [-0.05, 0) is 31.0 Å². The Morgan fingerprint density at radius 2 is 2.06 bits per heavy atom. The highest BCUT2D eigenvalue weighted by molar-refractivity contribution is 5.90. The van der Waals surface area contributed by atoms with Crippen molar-refractivity contribution < 1.29 is 14.6 Å². The summed E-state index contributed by atoms with van der Waals surface area (Å²) in [6.45, 7) is 6.52. The largest absolute Gasteiger partial charge is 0.491 e. The van der Waals surface area contributed by atoms with Crippen molar-refractivity contribution in [2.45, 2.75) is 20.3 Å². The van der Waals surface area contributed by atoms with Crippen LogP contribution in [0.5, 0.6) is 5.75 Å². The molecule has 0 aliphatic heterocycles. The Labute approximate surface area is 108 Å². The summed E-state index contributed by atoms with van der Waals surface area (Å²) >= 11 is 0. The fourth-order valence-electron chi connectivity index (χ4n) is 1.52. The number of carbonyl (C=O) groups is 1. The summed E-state index contributed by atoms with van der Waals surface area (Å²) in [6.07, 6.45) is 1.13. The zero-order chi connectivity index (χ0) is 13.4. The molecule has 0 bridgehead atoms. The SMILES string of the molecule is CC(C)CCNCCOc1ccccc1C(=O)O. The van der Waals surface area contributed by atoms with Crippen LogP contribution in [0.1, 0.15) is 30.6 Å². The van der Waals surface area contributed by atoms with E-state index >= 15 is 0 Å². The van der Waals surface area contributed by atoms with E-state index in [-0.39, 0.29) is 5.56 Å². The van der Waals surface area contributed by atoms with Crippen LogP contribution < -0.4 is 10.1 Å². The molecule has 0 atom stereocenters. The van der Waals surface area contributed by atoms with Crippen molar-refractivity contribution in [1.82, 2.24) is 5.32 Å². The highest BCUT2D eigenvalue weighted by Crippen LogP contribution is 2.17. The fraction of sp³-hybridized carbons (Fsp3) is 0.500. The summed E-state index contributed by atoms with van der Waals surface area (Å²) in [5.74, 6) is 0.153. The topological polar surface area (TPSA) is 58.6 Å². The first-order chi connectivity index (χ1) is 8.61. The third-order valence-electron chi connectivity index (χ3n) is 2.55. The second-order valence-corrected chi connectivity index (χ2v) is 4.58. The standard InChI is InChI=1S/C14H21NO3/c1-11(2)7-8-15-9-10-18-13-6-4-3-5-12(13)14(16)17/h3-6,11,15H,7-10H2,1-2H3,(H,16,17). The van der Waals surface area contributed by atoms with E-state index in [1.54, 1.807) is 24.3 Å². The van der Waals surface area contributed by atoms with Crippen LogP contribution in [0.15, 0.2) is 24.3 Å². The van der Waals surface area contributed by atoms with E-state index in [0.29, 0.717) is 18.3 Å². The minimum Gasteiger partial charge on any atom is -0.491 e. The van der Waals surface area contributed by atoms with E-state index in [9.17, 15) is 4.79 Å². The van der Waals surface area contributed by atoms with E-state index in [1.165, 1.54) is 0 Å². The first-order valence-electron chi connectivity index (χ1n) is 6.27. The molecule has 0 fully saturated rings. The molecule has 0 heterocycles. The van der Waals surface area contributed by atoms with Gasteiger partial charge in [0.1, 0.15) is 17.9 Å². The van der Waals surface area contributed by atoms with Crippen LogP contribution in [0, 0.1) is 5.92 Å². The number of aromatic carboxylic acids is 1. The summed E-state index contributed by atoms with van der Waals surface area (Å²) in [4.78, 5) is 10.9. The zero-order valence-electron chi connectivity index (χ0n) is 11.0. The lowest BCUT2D eigenvalue weighted by molar-refractivity contribution is 0.0692. The van der Waals surface area contributed by atoms with E-state index in [0.717, 1.165) is 19.5 Å². The van der Waals surface area contributed by atoms with Gasteiger partial charge in [-0.1, -0.05) is 26.0 Å². The maximum absolute atomic E-state index is 10.9. The lowest BCUT2D eigenvalue weighted by Crippen LogP contribution is -2.23. The predicted molar refractivity (Wildman–Crippen MR) is 71.2 cm³/mol. The summed E-state index contributed by atoms with van der Waals surface area (Å²) in [5.41, 5.74) is 0.208. The van der Waals surface area contributed by atoms with Gasteiger partial charge in [-0.3, -0.25) is 0 Å². The predicted octanol–water partition coefficient (Wildman–Crippen LogP) is 2.40. The fourth-order valence-corrected chi connectivity index (χ4v) is 1.52. The van der Waals surface area contributed by atoms with Crippen LogP contribution in [-0.4, -0.2) is 30.8 Å². The molecule has 0 aliphatic carbocycles. The van der Waals surface area contributed by atoms with E-state index < -0.39 is 5.97 Å². The molecule has 0 amide bonds. The van der Waals surface area contributed by atoms with Crippen molar-refractivity contribution in [2.24, 2.45) is 5.92 Å². The van der Waals surface area contributed by atoms with Crippen molar-refractivity contribution in [3.8, 4) is 5.75 Å². The Bertz CT molecular complexity index is 377. The summed E-state index contributed by atoms with van der Waals surface area (Å²) in [5, 5.41) is 12.2. The molecule has 0 saturated carbocycles. The van der Waals surface area contributed by atoms with E-state index in [1.807, 2.05) is 0 Å². The molecule has 18 heavy (non-hydrogen) atoms. The lowest BCUT2D eigenvalue weighted by atomic mass is 10.1. The quantitative estimate of drug-likeness (QED) is 0.697. The number of carboxylic acid groups (broad SMARTS) is 1. The average molecular weight is 251 g/mol. The van der Waals surface area contributed by atoms with Gasteiger partial charge in [-0.2, -0.15) is 0 Å². The number of benzene rings is 1. The van der Waals surface area contributed by atoms with Gasteiger partial charge < -0.3 is 15.2 Å². The molecule has 2 N–H and O–H groups in total. The summed E-state index contributed by atoms with van der Waals surface area (Å²) in [7, 11) is 0. The molecule has 1 rings (SSSR count). The number of rotatable bonds is 8. The lowest BCUT2D eigenvalue weighted by Gasteiger charge is -2.10. The third kappa shape index (κ3) is 5.19. The minimum absolute atomic E-state index is 0.208. The van der Waals surface area contributed by atoms with Crippen LogP contribution in [0.2, 0.25) is 0 Å². The smallest absolute Gasteiger partial charge is 0.339 e. The van der Waals surface area contributed by atoms with Crippen molar-refractivity contribution in [3.63, 3.8) is 0 Å². The molecule has 4 nitrogen and oxygen atoms in total. The van der Waals surface area contributed by atoms with Gasteiger partial charge in [0.2, 0.25) is 0 Å². The molecule has 100 valence electrons.